The molecule has 0 spiro atoms. The Morgan fingerprint density at radius 2 is 1.52 bits per heavy atom. The summed E-state index contributed by atoms with van der Waals surface area (Å²) in [6.45, 7) is 4.05. The summed E-state index contributed by atoms with van der Waals surface area (Å²) in [7, 11) is 0. The molecule has 1 aliphatic heterocycles. The average molecular weight is 420 g/mol. The molecule has 0 atom stereocenters. The molecule has 0 radical (unpaired) electrons. The molecule has 3 aromatic carbocycles. The monoisotopic (exact) mass is 419 g/mol. The first kappa shape index (κ1) is 17.6. The molecule has 0 amide bonds. The van der Waals surface area contributed by atoms with Crippen molar-refractivity contribution in [2.24, 2.45) is 9.98 Å². The van der Waals surface area contributed by atoms with Crippen molar-refractivity contribution >= 4 is 38.8 Å². The van der Waals surface area contributed by atoms with Crippen LogP contribution in [0.5, 0.6) is 0 Å². The lowest BCUT2D eigenvalue weighted by Gasteiger charge is -2.18. The van der Waals surface area contributed by atoms with E-state index in [9.17, 15) is 5.21 Å². The molecular formula is C22H18BrN3O. The largest absolute Gasteiger partial charge is 0.283 e. The third kappa shape index (κ3) is 3.56. The molecule has 1 aliphatic rings. The fraction of sp³-hybridized carbons (Fsp3) is 0.0909. The van der Waals surface area contributed by atoms with Crippen LogP contribution in [0.3, 0.4) is 0 Å². The Morgan fingerprint density at radius 3 is 2.19 bits per heavy atom. The van der Waals surface area contributed by atoms with Gasteiger partial charge < -0.3 is 0 Å². The Hall–Kier alpha value is -2.76. The highest BCUT2D eigenvalue weighted by atomic mass is 79.9. The molecule has 0 bridgehead atoms. The van der Waals surface area contributed by atoms with Gasteiger partial charge in [-0.1, -0.05) is 51.3 Å². The normalized spacial score (nSPS) is 14.2. The van der Waals surface area contributed by atoms with Crippen LogP contribution in [-0.4, -0.2) is 11.0 Å². The van der Waals surface area contributed by atoms with Crippen LogP contribution >= 0.6 is 15.9 Å². The summed E-state index contributed by atoms with van der Waals surface area (Å²) in [6, 6.07) is 21.4. The van der Waals surface area contributed by atoms with Gasteiger partial charge in [0.15, 0.2) is 5.84 Å². The van der Waals surface area contributed by atoms with E-state index in [0.717, 1.165) is 31.4 Å². The van der Waals surface area contributed by atoms with Crippen LogP contribution in [0.15, 0.2) is 81.2 Å². The molecule has 1 N–H and O–H groups in total. The number of hydrogen-bond donors (Lipinski definition) is 1. The molecule has 4 rings (SSSR count). The van der Waals surface area contributed by atoms with Gasteiger partial charge in [0.1, 0.15) is 5.70 Å². The molecule has 0 saturated heterocycles. The van der Waals surface area contributed by atoms with Gasteiger partial charge in [0.2, 0.25) is 0 Å². The first-order valence-electron chi connectivity index (χ1n) is 8.61. The van der Waals surface area contributed by atoms with Crippen LogP contribution in [0.2, 0.25) is 0 Å². The summed E-state index contributed by atoms with van der Waals surface area (Å²) < 4.78 is 0.919. The van der Waals surface area contributed by atoms with Gasteiger partial charge in [-0.2, -0.15) is 0 Å². The van der Waals surface area contributed by atoms with Crippen molar-refractivity contribution in [2.45, 2.75) is 13.8 Å². The van der Waals surface area contributed by atoms with Crippen molar-refractivity contribution in [1.82, 2.24) is 0 Å². The Labute approximate surface area is 165 Å². The van der Waals surface area contributed by atoms with Crippen molar-refractivity contribution in [3.05, 3.63) is 92.9 Å². The van der Waals surface area contributed by atoms with Gasteiger partial charge in [0, 0.05) is 9.69 Å². The molecule has 134 valence electrons. The average Bonchev–Trinajstić information content (AvgIpc) is 3.00. The highest BCUT2D eigenvalue weighted by Gasteiger charge is 2.22. The van der Waals surface area contributed by atoms with Crippen LogP contribution in [0.4, 0.5) is 11.4 Å². The lowest BCUT2D eigenvalue weighted by molar-refractivity contribution is 0.305. The van der Waals surface area contributed by atoms with E-state index in [1.165, 1.54) is 5.56 Å². The summed E-state index contributed by atoms with van der Waals surface area (Å²) in [4.78, 5) is 9.33. The van der Waals surface area contributed by atoms with E-state index in [2.05, 4.69) is 25.9 Å². The third-order valence-electron chi connectivity index (χ3n) is 4.41. The van der Waals surface area contributed by atoms with Crippen LogP contribution in [0.1, 0.15) is 11.1 Å². The van der Waals surface area contributed by atoms with E-state index >= 15 is 0 Å². The van der Waals surface area contributed by atoms with Gasteiger partial charge in [-0.15, -0.1) is 0 Å². The third-order valence-corrected chi connectivity index (χ3v) is 4.90. The number of benzene rings is 3. The highest BCUT2D eigenvalue weighted by Crippen LogP contribution is 2.23. The van der Waals surface area contributed by atoms with E-state index in [1.807, 2.05) is 80.6 Å². The topological polar surface area (TPSA) is 48.2 Å². The van der Waals surface area contributed by atoms with E-state index in [-0.39, 0.29) is 0 Å². The van der Waals surface area contributed by atoms with Crippen molar-refractivity contribution in [2.75, 3.05) is 5.06 Å². The zero-order chi connectivity index (χ0) is 19.0. The number of amidine groups is 1. The van der Waals surface area contributed by atoms with Gasteiger partial charge >= 0.3 is 0 Å². The lowest BCUT2D eigenvalue weighted by Crippen LogP contribution is -2.30. The minimum absolute atomic E-state index is 0.482. The summed E-state index contributed by atoms with van der Waals surface area (Å²) in [5.74, 6) is 0.482. The first-order valence-corrected chi connectivity index (χ1v) is 9.40. The molecule has 4 nitrogen and oxygen atoms in total. The van der Waals surface area contributed by atoms with Gasteiger partial charge in [0.25, 0.3) is 0 Å². The number of rotatable bonds is 3. The second-order valence-electron chi connectivity index (χ2n) is 6.54. The van der Waals surface area contributed by atoms with Crippen molar-refractivity contribution in [1.29, 1.82) is 0 Å². The number of nitrogens with zero attached hydrogens (tertiary/aromatic N) is 3. The maximum Gasteiger partial charge on any atom is 0.180 e. The predicted molar refractivity (Wildman–Crippen MR) is 112 cm³/mol. The summed E-state index contributed by atoms with van der Waals surface area (Å²) in [5, 5.41) is 13.8. The van der Waals surface area contributed by atoms with Crippen LogP contribution in [0.25, 0.3) is 5.70 Å². The van der Waals surface area contributed by atoms with Gasteiger partial charge in [-0.3, -0.25) is 5.21 Å². The molecule has 3 aromatic rings. The van der Waals surface area contributed by atoms with Gasteiger partial charge in [-0.05, 0) is 56.3 Å². The Kier molecular flexibility index (Phi) is 4.64. The molecule has 0 saturated carbocycles. The van der Waals surface area contributed by atoms with Crippen molar-refractivity contribution in [3.8, 4) is 0 Å². The van der Waals surface area contributed by atoms with E-state index in [0.29, 0.717) is 17.2 Å². The summed E-state index contributed by atoms with van der Waals surface area (Å²) >= 11 is 3.51. The molecule has 0 unspecified atom stereocenters. The van der Waals surface area contributed by atoms with Gasteiger partial charge in [0.05, 0.1) is 16.7 Å². The minimum atomic E-state index is 0.482. The molecule has 1 heterocycles. The number of fused-ring (bicyclic) bond motifs is 1. The second-order valence-corrected chi connectivity index (χ2v) is 7.46. The Bertz CT molecular complexity index is 1150. The van der Waals surface area contributed by atoms with Crippen LogP contribution in [-0.2, 0) is 0 Å². The lowest BCUT2D eigenvalue weighted by atomic mass is 10.2. The quantitative estimate of drug-likeness (QED) is 0.638. The van der Waals surface area contributed by atoms with Gasteiger partial charge in [-0.25, -0.2) is 15.0 Å². The highest BCUT2D eigenvalue weighted by molar-refractivity contribution is 9.10. The molecule has 5 heteroatoms. The maximum absolute atomic E-state index is 11.0. The molecule has 0 aromatic heterocycles. The maximum atomic E-state index is 11.0. The molecule has 27 heavy (non-hydrogen) atoms. The zero-order valence-electron chi connectivity index (χ0n) is 15.0. The van der Waals surface area contributed by atoms with Crippen LogP contribution < -0.4 is 15.6 Å². The fourth-order valence-corrected chi connectivity index (χ4v) is 3.29. The van der Waals surface area contributed by atoms with Crippen molar-refractivity contribution in [3.63, 3.8) is 0 Å². The van der Waals surface area contributed by atoms with E-state index in [1.54, 1.807) is 0 Å². The predicted octanol–water partition coefficient (Wildman–Crippen LogP) is 4.43. The number of hydroxylamine groups is 1. The Balaban J connectivity index is 1.89. The van der Waals surface area contributed by atoms with Crippen LogP contribution in [0, 0.1) is 13.8 Å². The standard InChI is InChI=1S/C22H18BrN3O/c1-14-3-8-17(9-4-14)24-22-21(19-13-16(23)7-12-20(19)25-22)26(27)18-10-5-15(2)6-11-18/h3-13,27H,1-2H3. The number of hydrogen-bond acceptors (Lipinski definition) is 3. The SMILES string of the molecule is Cc1ccc(N=C2N=c3ccc(Br)cc3=C2N(O)c2ccc(C)cc2)cc1. The zero-order valence-corrected chi connectivity index (χ0v) is 16.6. The summed E-state index contributed by atoms with van der Waals surface area (Å²) in [6.07, 6.45) is 0. The Morgan fingerprint density at radius 1 is 0.889 bits per heavy atom. The fourth-order valence-electron chi connectivity index (χ4n) is 2.93. The summed E-state index contributed by atoms with van der Waals surface area (Å²) in [5.41, 5.74) is 4.32. The molecule has 0 aliphatic carbocycles. The van der Waals surface area contributed by atoms with E-state index in [4.69, 9.17) is 0 Å². The second kappa shape index (κ2) is 7.10. The number of anilines is 1. The number of halogens is 1. The van der Waals surface area contributed by atoms with E-state index < -0.39 is 0 Å². The first-order chi connectivity index (χ1) is 13.0. The molecular weight excluding hydrogens is 402 g/mol. The molecule has 0 fully saturated rings. The smallest absolute Gasteiger partial charge is 0.180 e. The number of aliphatic imine (C=N–C) groups is 1. The number of aryl methyl sites for hydroxylation is 2. The van der Waals surface area contributed by atoms with Crippen molar-refractivity contribution < 1.29 is 5.21 Å². The minimum Gasteiger partial charge on any atom is -0.283 e.